The molecule has 0 spiro atoms. The number of para-hydroxylation sites is 1. The van der Waals surface area contributed by atoms with E-state index in [9.17, 15) is 4.79 Å². The second kappa shape index (κ2) is 10.4. The van der Waals surface area contributed by atoms with E-state index in [1.807, 2.05) is 65.0 Å². The van der Waals surface area contributed by atoms with E-state index < -0.39 is 0 Å². The summed E-state index contributed by atoms with van der Waals surface area (Å²) in [7, 11) is 0. The Kier molecular flexibility index (Phi) is 7.07. The molecule has 186 valence electrons. The molecule has 0 radical (unpaired) electrons. The third kappa shape index (κ3) is 5.52. The molecule has 0 aliphatic carbocycles. The third-order valence-electron chi connectivity index (χ3n) is 7.13. The lowest BCUT2D eigenvalue weighted by molar-refractivity contribution is -0.0728. The van der Waals surface area contributed by atoms with Crippen molar-refractivity contribution in [2.45, 2.75) is 52.4 Å². The van der Waals surface area contributed by atoms with Gasteiger partial charge in [-0.05, 0) is 63.3 Å². The fourth-order valence-electron chi connectivity index (χ4n) is 5.48. The van der Waals surface area contributed by atoms with E-state index in [4.69, 9.17) is 9.47 Å². The summed E-state index contributed by atoms with van der Waals surface area (Å²) in [6.07, 6.45) is 6.63. The van der Waals surface area contributed by atoms with Crippen LogP contribution < -0.4 is 4.74 Å². The molecular formula is C28H36N4O3. The summed E-state index contributed by atoms with van der Waals surface area (Å²) in [4.78, 5) is 22.6. The summed E-state index contributed by atoms with van der Waals surface area (Å²) in [6, 6.07) is 11.6. The lowest BCUT2D eigenvalue weighted by Gasteiger charge is -2.39. The van der Waals surface area contributed by atoms with Crippen LogP contribution in [-0.4, -0.2) is 70.0 Å². The minimum Gasteiger partial charge on any atom is -0.486 e. The maximum atomic E-state index is 13.4. The van der Waals surface area contributed by atoms with Crippen LogP contribution in [-0.2, 0) is 11.3 Å². The van der Waals surface area contributed by atoms with E-state index in [2.05, 4.69) is 23.7 Å². The van der Waals surface area contributed by atoms with Crippen LogP contribution in [0.4, 0.5) is 0 Å². The van der Waals surface area contributed by atoms with Gasteiger partial charge in [0, 0.05) is 45.1 Å². The van der Waals surface area contributed by atoms with Crippen molar-refractivity contribution in [2.24, 2.45) is 5.92 Å². The van der Waals surface area contributed by atoms with Gasteiger partial charge < -0.3 is 18.8 Å². The molecule has 0 N–H and O–H groups in total. The monoisotopic (exact) mass is 476 g/mol. The summed E-state index contributed by atoms with van der Waals surface area (Å²) in [6.45, 7) is 11.4. The van der Waals surface area contributed by atoms with Crippen LogP contribution in [0, 0.1) is 12.8 Å². The zero-order valence-corrected chi connectivity index (χ0v) is 21.0. The Morgan fingerprint density at radius 3 is 2.57 bits per heavy atom. The number of likely N-dealkylation sites (tertiary alicyclic amines) is 1. The van der Waals surface area contributed by atoms with Crippen molar-refractivity contribution >= 4 is 11.6 Å². The average molecular weight is 477 g/mol. The quantitative estimate of drug-likeness (QED) is 0.534. The fourth-order valence-corrected chi connectivity index (χ4v) is 5.48. The molecule has 2 unspecified atom stereocenters. The highest BCUT2D eigenvalue weighted by Crippen LogP contribution is 2.26. The van der Waals surface area contributed by atoms with Crippen LogP contribution in [0.5, 0.6) is 5.75 Å². The van der Waals surface area contributed by atoms with Gasteiger partial charge in [0.1, 0.15) is 18.0 Å². The number of morpholine rings is 1. The van der Waals surface area contributed by atoms with Crippen LogP contribution >= 0.6 is 0 Å². The van der Waals surface area contributed by atoms with Crippen molar-refractivity contribution in [2.75, 3.05) is 32.7 Å². The molecule has 1 aromatic carbocycles. The molecule has 0 bridgehead atoms. The highest BCUT2D eigenvalue weighted by molar-refractivity contribution is 5.97. The number of piperidine rings is 1. The van der Waals surface area contributed by atoms with Crippen molar-refractivity contribution in [1.82, 2.24) is 19.2 Å². The summed E-state index contributed by atoms with van der Waals surface area (Å²) in [5.74, 6) is 1.30. The molecule has 5 rings (SSSR count). The summed E-state index contributed by atoms with van der Waals surface area (Å²) >= 11 is 0. The van der Waals surface area contributed by atoms with Gasteiger partial charge in [0.25, 0.3) is 5.91 Å². The first-order valence-electron chi connectivity index (χ1n) is 12.8. The number of aromatic nitrogens is 2. The summed E-state index contributed by atoms with van der Waals surface area (Å²) in [5, 5.41) is 0. The molecule has 2 saturated heterocycles. The predicted octanol–water partition coefficient (Wildman–Crippen LogP) is 4.18. The minimum absolute atomic E-state index is 0.0542. The Balaban J connectivity index is 1.18. The Morgan fingerprint density at radius 2 is 1.83 bits per heavy atom. The number of hydrogen-bond donors (Lipinski definition) is 0. The van der Waals surface area contributed by atoms with Crippen LogP contribution in [0.3, 0.4) is 0 Å². The predicted molar refractivity (Wildman–Crippen MR) is 136 cm³/mol. The molecule has 2 fully saturated rings. The molecule has 4 heterocycles. The first-order valence-corrected chi connectivity index (χ1v) is 12.8. The van der Waals surface area contributed by atoms with Gasteiger partial charge in [-0.15, -0.1) is 0 Å². The van der Waals surface area contributed by atoms with Crippen molar-refractivity contribution in [3.8, 4) is 5.75 Å². The standard InChI is InChI=1S/C28H36N4O3/c1-20-7-6-12-32-18-24(29-27(20)32)19-34-26-9-5-4-8-25(26)28(33)31-13-10-23(11-14-31)17-30-15-21(2)35-22(3)16-30/h4-9,12,18,21-23H,10-11,13-17,19H2,1-3H3. The Labute approximate surface area is 207 Å². The first-order chi connectivity index (χ1) is 17.0. The van der Waals surface area contributed by atoms with Gasteiger partial charge in [0.15, 0.2) is 0 Å². The first kappa shape index (κ1) is 23.8. The van der Waals surface area contributed by atoms with E-state index in [1.165, 1.54) is 0 Å². The number of ether oxygens (including phenoxy) is 2. The minimum atomic E-state index is 0.0542. The molecule has 7 nitrogen and oxygen atoms in total. The Bertz CT molecular complexity index is 1160. The van der Waals surface area contributed by atoms with Gasteiger partial charge in [0.2, 0.25) is 0 Å². The lowest BCUT2D eigenvalue weighted by atomic mass is 9.95. The second-order valence-electron chi connectivity index (χ2n) is 10.2. The van der Waals surface area contributed by atoms with Crippen molar-refractivity contribution in [3.63, 3.8) is 0 Å². The second-order valence-corrected chi connectivity index (χ2v) is 10.2. The van der Waals surface area contributed by atoms with Crippen LogP contribution in [0.15, 0.2) is 48.8 Å². The van der Waals surface area contributed by atoms with E-state index in [0.29, 0.717) is 36.0 Å². The van der Waals surface area contributed by atoms with Gasteiger partial charge in [-0.3, -0.25) is 9.69 Å². The Morgan fingerprint density at radius 1 is 1.09 bits per heavy atom. The number of pyridine rings is 1. The number of imidazole rings is 1. The molecule has 1 amide bonds. The highest BCUT2D eigenvalue weighted by atomic mass is 16.5. The summed E-state index contributed by atoms with van der Waals surface area (Å²) in [5.41, 5.74) is 3.52. The number of amides is 1. The molecule has 7 heteroatoms. The lowest BCUT2D eigenvalue weighted by Crippen LogP contribution is -2.48. The maximum Gasteiger partial charge on any atom is 0.257 e. The zero-order chi connectivity index (χ0) is 24.4. The van der Waals surface area contributed by atoms with Gasteiger partial charge in [-0.1, -0.05) is 18.2 Å². The van der Waals surface area contributed by atoms with Gasteiger partial charge in [0.05, 0.1) is 23.5 Å². The average Bonchev–Trinajstić information content (AvgIpc) is 3.27. The molecule has 35 heavy (non-hydrogen) atoms. The van der Waals surface area contributed by atoms with E-state index in [1.54, 1.807) is 0 Å². The van der Waals surface area contributed by atoms with Crippen LogP contribution in [0.1, 0.15) is 48.3 Å². The number of benzene rings is 1. The number of fused-ring (bicyclic) bond motifs is 1. The third-order valence-corrected chi connectivity index (χ3v) is 7.13. The fraction of sp³-hybridized carbons (Fsp3) is 0.500. The van der Waals surface area contributed by atoms with Gasteiger partial charge in [-0.2, -0.15) is 0 Å². The van der Waals surface area contributed by atoms with E-state index in [-0.39, 0.29) is 5.91 Å². The van der Waals surface area contributed by atoms with Gasteiger partial charge in [-0.25, -0.2) is 4.98 Å². The number of aryl methyl sites for hydroxylation is 1. The van der Waals surface area contributed by atoms with Gasteiger partial charge >= 0.3 is 0 Å². The van der Waals surface area contributed by atoms with Crippen LogP contribution in [0.25, 0.3) is 5.65 Å². The van der Waals surface area contributed by atoms with Crippen LogP contribution in [0.2, 0.25) is 0 Å². The highest BCUT2D eigenvalue weighted by Gasteiger charge is 2.29. The number of rotatable bonds is 6. The molecule has 2 aliphatic heterocycles. The number of carbonyl (C=O) groups excluding carboxylic acids is 1. The van der Waals surface area contributed by atoms with E-state index in [0.717, 1.165) is 62.5 Å². The molecule has 2 aromatic heterocycles. The molecule has 3 aromatic rings. The Hall–Kier alpha value is -2.90. The van der Waals surface area contributed by atoms with Crippen molar-refractivity contribution < 1.29 is 14.3 Å². The number of carbonyl (C=O) groups is 1. The van der Waals surface area contributed by atoms with Crippen molar-refractivity contribution in [1.29, 1.82) is 0 Å². The smallest absolute Gasteiger partial charge is 0.257 e. The molecule has 2 atom stereocenters. The molecular weight excluding hydrogens is 440 g/mol. The maximum absolute atomic E-state index is 13.4. The van der Waals surface area contributed by atoms with E-state index >= 15 is 0 Å². The SMILES string of the molecule is Cc1cccn2cc(COc3ccccc3C(=O)N3CCC(CN4CC(C)OC(C)C4)CC3)nc12. The summed E-state index contributed by atoms with van der Waals surface area (Å²) < 4.78 is 14.0. The molecule has 2 aliphatic rings. The largest absolute Gasteiger partial charge is 0.486 e. The normalized spacial score (nSPS) is 22.0. The zero-order valence-electron chi connectivity index (χ0n) is 21.0. The number of nitrogens with zero attached hydrogens (tertiary/aromatic N) is 4. The van der Waals surface area contributed by atoms with Crippen molar-refractivity contribution in [3.05, 3.63) is 65.6 Å². The topological polar surface area (TPSA) is 59.3 Å². The molecule has 0 saturated carbocycles. The number of hydrogen-bond acceptors (Lipinski definition) is 5.